The van der Waals surface area contributed by atoms with Crippen molar-refractivity contribution in [2.45, 2.75) is 102 Å². The van der Waals surface area contributed by atoms with E-state index in [4.69, 9.17) is 0 Å². The minimum absolute atomic E-state index is 0.102. The van der Waals surface area contributed by atoms with Gasteiger partial charge in [0.25, 0.3) is 0 Å². The van der Waals surface area contributed by atoms with Crippen molar-refractivity contribution >= 4 is 11.9 Å². The maximum Gasteiger partial charge on any atom is 0.0619 e. The largest absolute Gasteiger partial charge is 0.308 e. The van der Waals surface area contributed by atoms with Crippen LogP contribution >= 0.6 is 11.9 Å². The van der Waals surface area contributed by atoms with E-state index < -0.39 is 0 Å². The first-order chi connectivity index (χ1) is 19.8. The van der Waals surface area contributed by atoms with Gasteiger partial charge in [0.2, 0.25) is 0 Å². The molecule has 1 aliphatic rings. The number of nitrogens with one attached hydrogen (secondary N) is 2. The van der Waals surface area contributed by atoms with Gasteiger partial charge in [-0.2, -0.15) is 0 Å². The van der Waals surface area contributed by atoms with Crippen molar-refractivity contribution in [2.75, 3.05) is 6.54 Å². The SMILES string of the molecule is CC(C)c1cc(C(C)C)c(SN[C@@H](c2ccccc2)[C@@H](NCCCC2=CCC=CC2)c2ccccc2)c(C(C)C)c1. The molecule has 218 valence electrons. The summed E-state index contributed by atoms with van der Waals surface area (Å²) in [7, 11) is 0. The minimum Gasteiger partial charge on any atom is -0.308 e. The summed E-state index contributed by atoms with van der Waals surface area (Å²) in [6, 6.07) is 27.1. The van der Waals surface area contributed by atoms with Gasteiger partial charge in [-0.25, -0.2) is 0 Å². The van der Waals surface area contributed by atoms with Gasteiger partial charge in [0, 0.05) is 4.90 Å². The Morgan fingerprint density at radius 3 is 1.78 bits per heavy atom. The standard InChI is InChI=1S/C38H50N2S/c1-27(2)33-25-34(28(3)4)38(35(26-33)29(5)6)41-40-37(32-22-14-9-15-23-32)36(31-20-12-8-13-21-31)39-24-16-19-30-17-10-7-11-18-30/h7-10,12-15,18,20-23,25-29,36-37,39-40H,11,16-17,19,24H2,1-6H3/t36-,37-/m0/s1. The predicted molar refractivity (Wildman–Crippen MR) is 180 cm³/mol. The normalized spacial score (nSPS) is 15.0. The molecule has 0 saturated heterocycles. The molecule has 41 heavy (non-hydrogen) atoms. The lowest BCUT2D eigenvalue weighted by Crippen LogP contribution is -2.33. The first-order valence-electron chi connectivity index (χ1n) is 15.6. The van der Waals surface area contributed by atoms with E-state index in [1.807, 2.05) is 11.9 Å². The van der Waals surface area contributed by atoms with Crippen LogP contribution < -0.4 is 10.0 Å². The maximum absolute atomic E-state index is 4.01. The van der Waals surface area contributed by atoms with E-state index in [0.717, 1.165) is 32.2 Å². The molecule has 0 radical (unpaired) electrons. The molecule has 1 aliphatic carbocycles. The van der Waals surface area contributed by atoms with E-state index in [1.165, 1.54) is 32.7 Å². The molecule has 0 spiro atoms. The third kappa shape index (κ3) is 8.70. The zero-order valence-electron chi connectivity index (χ0n) is 26.0. The Hall–Kier alpha value is -2.59. The zero-order chi connectivity index (χ0) is 29.2. The molecule has 3 aromatic carbocycles. The van der Waals surface area contributed by atoms with Crippen molar-refractivity contribution in [3.63, 3.8) is 0 Å². The quantitative estimate of drug-likeness (QED) is 0.115. The van der Waals surface area contributed by atoms with Crippen LogP contribution in [-0.4, -0.2) is 6.54 Å². The van der Waals surface area contributed by atoms with E-state index in [0.29, 0.717) is 17.8 Å². The van der Waals surface area contributed by atoms with Crippen molar-refractivity contribution in [3.05, 3.63) is 124 Å². The first kappa shape index (κ1) is 31.3. The Labute approximate surface area is 254 Å². The topological polar surface area (TPSA) is 24.1 Å². The molecule has 0 fully saturated rings. The number of allylic oxidation sites excluding steroid dienone is 4. The van der Waals surface area contributed by atoms with Gasteiger partial charge >= 0.3 is 0 Å². The lowest BCUT2D eigenvalue weighted by atomic mass is 9.89. The van der Waals surface area contributed by atoms with E-state index in [9.17, 15) is 0 Å². The summed E-state index contributed by atoms with van der Waals surface area (Å²) in [6.07, 6.45) is 11.5. The lowest BCUT2D eigenvalue weighted by molar-refractivity contribution is 0.431. The third-order valence-corrected chi connectivity index (χ3v) is 9.19. The van der Waals surface area contributed by atoms with Gasteiger partial charge in [0.15, 0.2) is 0 Å². The number of benzene rings is 3. The summed E-state index contributed by atoms with van der Waals surface area (Å²) in [4.78, 5) is 1.39. The second kappa shape index (κ2) is 15.6. The first-order valence-corrected chi connectivity index (χ1v) is 16.4. The molecule has 0 saturated carbocycles. The summed E-state index contributed by atoms with van der Waals surface area (Å²) in [6.45, 7) is 14.9. The number of rotatable bonds is 14. The Bertz CT molecular complexity index is 1250. The van der Waals surface area contributed by atoms with Crippen LogP contribution in [0.4, 0.5) is 0 Å². The highest BCUT2D eigenvalue weighted by molar-refractivity contribution is 7.97. The number of hydrogen-bond acceptors (Lipinski definition) is 3. The van der Waals surface area contributed by atoms with Gasteiger partial charge in [-0.05, 0) is 89.7 Å². The van der Waals surface area contributed by atoms with E-state index in [2.05, 4.69) is 143 Å². The molecule has 0 aliphatic heterocycles. The van der Waals surface area contributed by atoms with Crippen LogP contribution in [0.1, 0.15) is 125 Å². The highest BCUT2D eigenvalue weighted by Crippen LogP contribution is 2.40. The van der Waals surface area contributed by atoms with Crippen molar-refractivity contribution in [1.82, 2.24) is 10.0 Å². The highest BCUT2D eigenvalue weighted by Gasteiger charge is 2.26. The molecular weight excluding hydrogens is 516 g/mol. The molecule has 2 nitrogen and oxygen atoms in total. The zero-order valence-corrected chi connectivity index (χ0v) is 26.8. The fourth-order valence-corrected chi connectivity index (χ4v) is 6.98. The van der Waals surface area contributed by atoms with Crippen LogP contribution in [0.2, 0.25) is 0 Å². The summed E-state index contributed by atoms with van der Waals surface area (Å²) in [5.74, 6) is 1.43. The Kier molecular flexibility index (Phi) is 11.9. The van der Waals surface area contributed by atoms with Gasteiger partial charge < -0.3 is 5.32 Å². The Morgan fingerprint density at radius 1 is 0.683 bits per heavy atom. The van der Waals surface area contributed by atoms with Crippen LogP contribution in [0.25, 0.3) is 0 Å². The molecule has 4 rings (SSSR count). The van der Waals surface area contributed by atoms with Crippen LogP contribution in [0.3, 0.4) is 0 Å². The summed E-state index contributed by atoms with van der Waals surface area (Å²) in [5.41, 5.74) is 8.53. The van der Waals surface area contributed by atoms with E-state index >= 15 is 0 Å². The third-order valence-electron chi connectivity index (χ3n) is 8.15. The van der Waals surface area contributed by atoms with Crippen molar-refractivity contribution < 1.29 is 0 Å². The van der Waals surface area contributed by atoms with Gasteiger partial charge in [-0.3, -0.25) is 4.72 Å². The van der Waals surface area contributed by atoms with Crippen LogP contribution in [0, 0.1) is 0 Å². The second-order valence-electron chi connectivity index (χ2n) is 12.3. The van der Waals surface area contributed by atoms with Gasteiger partial charge in [0.05, 0.1) is 12.1 Å². The molecular formula is C38H50N2S. The maximum atomic E-state index is 4.01. The molecule has 2 N–H and O–H groups in total. The van der Waals surface area contributed by atoms with E-state index in [1.54, 1.807) is 5.57 Å². The summed E-state index contributed by atoms with van der Waals surface area (Å²) in [5, 5.41) is 3.99. The fourth-order valence-electron chi connectivity index (χ4n) is 5.63. The van der Waals surface area contributed by atoms with Gasteiger partial charge in [-0.1, -0.05) is 138 Å². The fraction of sp³-hybridized carbons (Fsp3) is 0.421. The summed E-state index contributed by atoms with van der Waals surface area (Å²) < 4.78 is 4.01. The van der Waals surface area contributed by atoms with Crippen molar-refractivity contribution in [2.24, 2.45) is 0 Å². The molecule has 0 unspecified atom stereocenters. The van der Waals surface area contributed by atoms with Gasteiger partial charge in [0.1, 0.15) is 0 Å². The van der Waals surface area contributed by atoms with Crippen molar-refractivity contribution in [3.8, 4) is 0 Å². The molecule has 0 bridgehead atoms. The molecule has 2 atom stereocenters. The lowest BCUT2D eigenvalue weighted by Gasteiger charge is -2.31. The Morgan fingerprint density at radius 2 is 1.27 bits per heavy atom. The highest BCUT2D eigenvalue weighted by atomic mass is 32.2. The molecule has 3 aromatic rings. The van der Waals surface area contributed by atoms with Crippen LogP contribution in [0.15, 0.2) is 101 Å². The predicted octanol–water partition coefficient (Wildman–Crippen LogP) is 10.8. The van der Waals surface area contributed by atoms with Crippen molar-refractivity contribution in [1.29, 1.82) is 0 Å². The monoisotopic (exact) mass is 566 g/mol. The van der Waals surface area contributed by atoms with Crippen LogP contribution in [0.5, 0.6) is 0 Å². The molecule has 0 heterocycles. The summed E-state index contributed by atoms with van der Waals surface area (Å²) >= 11 is 1.83. The van der Waals surface area contributed by atoms with Crippen LogP contribution in [-0.2, 0) is 0 Å². The Balaban J connectivity index is 1.64. The molecule has 0 aromatic heterocycles. The molecule has 3 heteroatoms. The average Bonchev–Trinajstić information content (AvgIpc) is 2.99. The molecule has 0 amide bonds. The second-order valence-corrected chi connectivity index (χ2v) is 13.2. The van der Waals surface area contributed by atoms with E-state index in [-0.39, 0.29) is 12.1 Å². The van der Waals surface area contributed by atoms with Gasteiger partial charge in [-0.15, -0.1) is 0 Å². The number of hydrogen-bond donors (Lipinski definition) is 2. The minimum atomic E-state index is 0.102. The average molecular weight is 567 g/mol. The smallest absolute Gasteiger partial charge is 0.0619 e.